The Morgan fingerprint density at radius 1 is 0.881 bits per heavy atom. The molecule has 6 rings (SSSR count). The highest BCUT2D eigenvalue weighted by Gasteiger charge is 2.31. The van der Waals surface area contributed by atoms with E-state index in [0.717, 1.165) is 35.5 Å². The van der Waals surface area contributed by atoms with Crippen LogP contribution in [0.3, 0.4) is 0 Å². The van der Waals surface area contributed by atoms with Crippen LogP contribution in [0.2, 0.25) is 0 Å². The number of aryl methyl sites for hydroxylation is 2. The number of fused-ring (bicyclic) bond motifs is 1. The minimum atomic E-state index is -4.51. The van der Waals surface area contributed by atoms with Crippen molar-refractivity contribution < 1.29 is 36.0 Å². The molecule has 0 aliphatic carbocycles. The molecule has 0 radical (unpaired) electrons. The normalized spacial score (nSPS) is 11.7. The zero-order valence-corrected chi connectivity index (χ0v) is 22.6. The van der Waals surface area contributed by atoms with Crippen molar-refractivity contribution in [1.29, 1.82) is 0 Å². The molecular weight excluding hydrogens is 547 g/mol. The third-order valence-electron chi connectivity index (χ3n) is 6.85. The van der Waals surface area contributed by atoms with Crippen LogP contribution in [-0.2, 0) is 12.6 Å². The molecule has 3 heterocycles. The van der Waals surface area contributed by atoms with Crippen molar-refractivity contribution >= 4 is 16.8 Å². The summed E-state index contributed by atoms with van der Waals surface area (Å²) in [4.78, 5) is 18.2. The van der Waals surface area contributed by atoms with Crippen molar-refractivity contribution in [3.8, 4) is 28.7 Å². The number of nitrogens with zero attached hydrogens (tertiary/aromatic N) is 1. The van der Waals surface area contributed by atoms with E-state index in [0.29, 0.717) is 52.9 Å². The first-order valence-electron chi connectivity index (χ1n) is 13.2. The van der Waals surface area contributed by atoms with Gasteiger partial charge in [-0.25, -0.2) is 4.98 Å². The zero-order chi connectivity index (χ0) is 29.4. The molecule has 3 aromatic carbocycles. The maximum Gasteiger partial charge on any atom is 0.416 e. The second-order valence-electron chi connectivity index (χ2n) is 9.77. The number of hydrogen-bond acceptors (Lipinski definition) is 6. The second kappa shape index (κ2) is 10.7. The van der Waals surface area contributed by atoms with Gasteiger partial charge in [0, 0.05) is 29.0 Å². The van der Waals surface area contributed by atoms with E-state index in [1.807, 2.05) is 37.3 Å². The standard InChI is InChI=1S/C33H24F3NO5/c1-19-8-15-27(40-19)31-29(30(38)21-9-11-23(12-10-21)33(34,35)36)25-14-13-24(18-28(25)42-31)39-17-16-26-20(2)41-32(37-26)22-6-4-3-5-7-22/h3-15,18H,16-17H2,1-2H3. The third-order valence-corrected chi connectivity index (χ3v) is 6.85. The first-order chi connectivity index (χ1) is 20.2. The van der Waals surface area contributed by atoms with E-state index >= 15 is 0 Å². The van der Waals surface area contributed by atoms with E-state index in [4.69, 9.17) is 18.0 Å². The number of hydrogen-bond donors (Lipinski definition) is 0. The molecule has 6 nitrogen and oxygen atoms in total. The number of alkyl halides is 3. The maximum atomic E-state index is 13.6. The number of carbonyl (C=O) groups excluding carboxylic acids is 1. The summed E-state index contributed by atoms with van der Waals surface area (Å²) in [5, 5.41) is 0.483. The molecule has 0 bridgehead atoms. The van der Waals surface area contributed by atoms with E-state index in [1.165, 1.54) is 0 Å². The van der Waals surface area contributed by atoms with Gasteiger partial charge in [0.05, 0.1) is 23.4 Å². The van der Waals surface area contributed by atoms with Gasteiger partial charge in [0.2, 0.25) is 5.89 Å². The molecule has 42 heavy (non-hydrogen) atoms. The molecule has 0 aliphatic rings. The van der Waals surface area contributed by atoms with Crippen LogP contribution in [0.25, 0.3) is 33.9 Å². The van der Waals surface area contributed by atoms with Crippen molar-refractivity contribution in [2.24, 2.45) is 0 Å². The second-order valence-corrected chi connectivity index (χ2v) is 9.77. The van der Waals surface area contributed by atoms with E-state index < -0.39 is 17.5 Å². The number of oxazole rings is 1. The first kappa shape index (κ1) is 27.1. The molecule has 0 amide bonds. The highest BCUT2D eigenvalue weighted by Crippen LogP contribution is 2.38. The third kappa shape index (κ3) is 5.33. The Hall–Kier alpha value is -5.05. The van der Waals surface area contributed by atoms with Crippen molar-refractivity contribution in [1.82, 2.24) is 4.98 Å². The largest absolute Gasteiger partial charge is 0.493 e. The van der Waals surface area contributed by atoms with Gasteiger partial charge >= 0.3 is 6.18 Å². The van der Waals surface area contributed by atoms with Crippen LogP contribution in [0.15, 0.2) is 98.2 Å². The van der Waals surface area contributed by atoms with Gasteiger partial charge in [0.15, 0.2) is 17.3 Å². The number of furan rings is 2. The Morgan fingerprint density at radius 2 is 1.64 bits per heavy atom. The summed E-state index contributed by atoms with van der Waals surface area (Å²) >= 11 is 0. The van der Waals surface area contributed by atoms with Gasteiger partial charge in [-0.2, -0.15) is 13.2 Å². The number of aromatic nitrogens is 1. The first-order valence-corrected chi connectivity index (χ1v) is 13.2. The number of ketones is 1. The van der Waals surface area contributed by atoms with Crippen LogP contribution in [0.4, 0.5) is 13.2 Å². The summed E-state index contributed by atoms with van der Waals surface area (Å²) in [6.45, 7) is 3.93. The summed E-state index contributed by atoms with van der Waals surface area (Å²) in [6.07, 6.45) is -4.00. The smallest absolute Gasteiger partial charge is 0.416 e. The fourth-order valence-corrected chi connectivity index (χ4v) is 4.71. The molecule has 0 aliphatic heterocycles. The van der Waals surface area contributed by atoms with Gasteiger partial charge in [-0.05, 0) is 62.4 Å². The molecule has 0 unspecified atom stereocenters. The summed E-state index contributed by atoms with van der Waals surface area (Å²) in [5.41, 5.74) is 1.49. The van der Waals surface area contributed by atoms with Gasteiger partial charge in [-0.3, -0.25) is 4.79 Å². The molecule has 6 aromatic rings. The van der Waals surface area contributed by atoms with Crippen LogP contribution in [0, 0.1) is 13.8 Å². The number of halogens is 3. The Kier molecular flexibility index (Phi) is 6.94. The molecular formula is C33H24F3NO5. The lowest BCUT2D eigenvalue weighted by molar-refractivity contribution is -0.137. The number of carbonyl (C=O) groups is 1. The van der Waals surface area contributed by atoms with Crippen LogP contribution in [-0.4, -0.2) is 17.4 Å². The molecule has 0 fully saturated rings. The number of rotatable bonds is 8. The SMILES string of the molecule is Cc1ccc(-c2oc3cc(OCCc4nc(-c5ccccc5)oc4C)ccc3c2C(=O)c2ccc(C(F)(F)F)cc2)o1. The molecule has 0 spiro atoms. The van der Waals surface area contributed by atoms with Crippen LogP contribution >= 0.6 is 0 Å². The van der Waals surface area contributed by atoms with Crippen molar-refractivity contribution in [2.45, 2.75) is 26.4 Å². The van der Waals surface area contributed by atoms with E-state index in [-0.39, 0.29) is 16.9 Å². The molecule has 212 valence electrons. The topological polar surface area (TPSA) is 78.6 Å². The number of ether oxygens (including phenoxy) is 1. The van der Waals surface area contributed by atoms with Gasteiger partial charge in [0.25, 0.3) is 0 Å². The van der Waals surface area contributed by atoms with Crippen molar-refractivity contribution in [3.05, 3.63) is 119 Å². The molecule has 0 saturated carbocycles. The summed E-state index contributed by atoms with van der Waals surface area (Å²) in [5.74, 6) is 2.41. The minimum Gasteiger partial charge on any atom is -0.493 e. The van der Waals surface area contributed by atoms with Crippen molar-refractivity contribution in [2.75, 3.05) is 6.61 Å². The number of benzene rings is 3. The average molecular weight is 572 g/mol. The predicted octanol–water partition coefficient (Wildman–Crippen LogP) is 8.84. The van der Waals surface area contributed by atoms with E-state index in [2.05, 4.69) is 4.98 Å². The highest BCUT2D eigenvalue weighted by molar-refractivity contribution is 6.19. The van der Waals surface area contributed by atoms with Crippen molar-refractivity contribution in [3.63, 3.8) is 0 Å². The lowest BCUT2D eigenvalue weighted by atomic mass is 9.98. The molecule has 9 heteroatoms. The minimum absolute atomic E-state index is 0.0911. The Balaban J connectivity index is 1.27. The van der Waals surface area contributed by atoms with Crippen LogP contribution < -0.4 is 4.74 Å². The highest BCUT2D eigenvalue weighted by atomic mass is 19.4. The van der Waals surface area contributed by atoms with E-state index in [9.17, 15) is 18.0 Å². The van der Waals surface area contributed by atoms with Crippen LogP contribution in [0.5, 0.6) is 5.75 Å². The summed E-state index contributed by atoms with van der Waals surface area (Å²) in [6, 6.07) is 22.2. The predicted molar refractivity (Wildman–Crippen MR) is 149 cm³/mol. The summed E-state index contributed by atoms with van der Waals surface area (Å²) < 4.78 is 62.9. The maximum absolute atomic E-state index is 13.6. The molecule has 0 atom stereocenters. The lowest BCUT2D eigenvalue weighted by Crippen LogP contribution is -2.07. The fraction of sp³-hybridized carbons (Fsp3) is 0.152. The van der Waals surface area contributed by atoms with Gasteiger partial charge in [-0.15, -0.1) is 0 Å². The molecule has 0 N–H and O–H groups in total. The molecule has 0 saturated heterocycles. The summed E-state index contributed by atoms with van der Waals surface area (Å²) in [7, 11) is 0. The van der Waals surface area contributed by atoms with Gasteiger partial charge < -0.3 is 18.0 Å². The Labute approximate surface area is 238 Å². The fourth-order valence-electron chi connectivity index (χ4n) is 4.71. The zero-order valence-electron chi connectivity index (χ0n) is 22.6. The van der Waals surface area contributed by atoms with Gasteiger partial charge in [-0.1, -0.05) is 30.3 Å². The Bertz CT molecular complexity index is 1880. The average Bonchev–Trinajstić information content (AvgIpc) is 3.69. The Morgan fingerprint density at radius 3 is 2.33 bits per heavy atom. The lowest BCUT2D eigenvalue weighted by Gasteiger charge is -2.07. The molecule has 3 aromatic heterocycles. The monoisotopic (exact) mass is 571 g/mol. The quantitative estimate of drug-likeness (QED) is 0.170. The van der Waals surface area contributed by atoms with Crippen LogP contribution in [0.1, 0.15) is 38.7 Å². The van der Waals surface area contributed by atoms with E-state index in [1.54, 1.807) is 37.3 Å². The van der Waals surface area contributed by atoms with Gasteiger partial charge in [0.1, 0.15) is 22.9 Å².